The molecule has 0 saturated carbocycles. The molecule has 0 bridgehead atoms. The summed E-state index contributed by atoms with van der Waals surface area (Å²) < 4.78 is 0. The summed E-state index contributed by atoms with van der Waals surface area (Å²) in [6.45, 7) is 0. The summed E-state index contributed by atoms with van der Waals surface area (Å²) >= 11 is 0. The maximum Gasteiger partial charge on any atom is 0.270 e. The average molecular weight is 243 g/mol. The Bertz CT molecular complexity index is 597. The lowest BCUT2D eigenvalue weighted by Crippen LogP contribution is -1.90. The number of hydrogen-bond acceptors (Lipinski definition) is 5. The van der Waals surface area contributed by atoms with E-state index in [1.165, 1.54) is 24.4 Å². The van der Waals surface area contributed by atoms with Crippen LogP contribution in [0, 0.1) is 10.1 Å². The molecule has 0 aliphatic heterocycles. The zero-order valence-electron chi connectivity index (χ0n) is 9.22. The summed E-state index contributed by atoms with van der Waals surface area (Å²) in [7, 11) is 0. The van der Waals surface area contributed by atoms with E-state index >= 15 is 0 Å². The molecule has 1 aromatic heterocycles. The van der Waals surface area contributed by atoms with Crippen molar-refractivity contribution in [1.82, 2.24) is 4.98 Å². The van der Waals surface area contributed by atoms with Crippen LogP contribution in [0.1, 0.15) is 5.56 Å². The normalized spacial score (nSPS) is 10.7. The molecular weight excluding hydrogens is 234 g/mol. The molecule has 2 aromatic rings. The molecule has 6 heteroatoms. The number of nitro groups is 1. The molecule has 0 unspecified atom stereocenters. The fraction of sp³-hybridized carbons (Fsp3) is 0. The molecule has 0 aliphatic carbocycles. The number of phenols is 1. The van der Waals surface area contributed by atoms with E-state index in [1.807, 2.05) is 0 Å². The Balaban J connectivity index is 2.31. The van der Waals surface area contributed by atoms with E-state index in [1.54, 1.807) is 24.5 Å². The number of pyridine rings is 1. The zero-order valence-corrected chi connectivity index (χ0v) is 9.22. The van der Waals surface area contributed by atoms with Crippen molar-refractivity contribution < 1.29 is 10.0 Å². The molecule has 0 amide bonds. The molecule has 0 aliphatic rings. The first-order valence-corrected chi connectivity index (χ1v) is 5.08. The predicted molar refractivity (Wildman–Crippen MR) is 66.3 cm³/mol. The van der Waals surface area contributed by atoms with Gasteiger partial charge in [-0.25, -0.2) is 0 Å². The number of aromatic hydroxyl groups is 1. The first-order chi connectivity index (χ1) is 8.66. The molecule has 18 heavy (non-hydrogen) atoms. The second-order valence-corrected chi connectivity index (χ2v) is 3.47. The van der Waals surface area contributed by atoms with Gasteiger partial charge in [-0.2, -0.15) is 0 Å². The van der Waals surface area contributed by atoms with E-state index in [0.29, 0.717) is 5.69 Å². The third-order valence-corrected chi connectivity index (χ3v) is 2.22. The van der Waals surface area contributed by atoms with Crippen LogP contribution in [-0.4, -0.2) is 21.2 Å². The van der Waals surface area contributed by atoms with E-state index < -0.39 is 4.92 Å². The third-order valence-electron chi connectivity index (χ3n) is 2.22. The third kappa shape index (κ3) is 2.67. The molecule has 0 fully saturated rings. The van der Waals surface area contributed by atoms with Gasteiger partial charge < -0.3 is 5.11 Å². The SMILES string of the molecule is O=[N+]([O-])c1ccc(O)c(C=Nc2cccnc2)c1. The van der Waals surface area contributed by atoms with Crippen LogP contribution in [0.15, 0.2) is 47.7 Å². The Hall–Kier alpha value is -2.76. The quantitative estimate of drug-likeness (QED) is 0.509. The second-order valence-electron chi connectivity index (χ2n) is 3.47. The predicted octanol–water partition coefficient (Wildman–Crippen LogP) is 2.45. The molecule has 2 rings (SSSR count). The Labute approximate surface area is 102 Å². The number of aliphatic imine (C=N–C) groups is 1. The van der Waals surface area contributed by atoms with Gasteiger partial charge in [-0.05, 0) is 18.2 Å². The monoisotopic (exact) mass is 243 g/mol. The van der Waals surface area contributed by atoms with E-state index in [0.717, 1.165) is 0 Å². The number of nitrogens with zero attached hydrogens (tertiary/aromatic N) is 3. The van der Waals surface area contributed by atoms with Gasteiger partial charge in [-0.15, -0.1) is 0 Å². The standard InChI is InChI=1S/C12H9N3O3/c16-12-4-3-11(15(17)18)6-9(12)7-14-10-2-1-5-13-8-10/h1-8,16H. The number of hydrogen-bond donors (Lipinski definition) is 1. The molecule has 1 N–H and O–H groups in total. The van der Waals surface area contributed by atoms with Gasteiger partial charge in [0, 0.05) is 30.1 Å². The van der Waals surface area contributed by atoms with Gasteiger partial charge in [0.05, 0.1) is 16.8 Å². The van der Waals surface area contributed by atoms with Crippen LogP contribution in [0.4, 0.5) is 11.4 Å². The van der Waals surface area contributed by atoms with Crippen LogP contribution in [-0.2, 0) is 0 Å². The highest BCUT2D eigenvalue weighted by molar-refractivity contribution is 5.86. The first kappa shape index (κ1) is 11.7. The number of rotatable bonds is 3. The molecule has 0 radical (unpaired) electrons. The lowest BCUT2D eigenvalue weighted by Gasteiger charge is -1.98. The van der Waals surface area contributed by atoms with E-state index in [4.69, 9.17) is 0 Å². The maximum absolute atomic E-state index is 10.6. The summed E-state index contributed by atoms with van der Waals surface area (Å²) in [6, 6.07) is 7.21. The van der Waals surface area contributed by atoms with Gasteiger partial charge in [0.25, 0.3) is 5.69 Å². The fourth-order valence-corrected chi connectivity index (χ4v) is 1.33. The second kappa shape index (κ2) is 5.05. The minimum absolute atomic E-state index is 0.0618. The van der Waals surface area contributed by atoms with Crippen LogP contribution < -0.4 is 0 Å². The molecule has 1 heterocycles. The number of benzene rings is 1. The van der Waals surface area contributed by atoms with Crippen molar-refractivity contribution in [2.24, 2.45) is 4.99 Å². The number of nitro benzene ring substituents is 1. The Kier molecular flexibility index (Phi) is 3.29. The van der Waals surface area contributed by atoms with Crippen molar-refractivity contribution in [3.05, 3.63) is 58.4 Å². The van der Waals surface area contributed by atoms with Crippen molar-refractivity contribution in [3.8, 4) is 5.75 Å². The average Bonchev–Trinajstić information content (AvgIpc) is 2.38. The molecule has 0 saturated heterocycles. The lowest BCUT2D eigenvalue weighted by molar-refractivity contribution is -0.384. The summed E-state index contributed by atoms with van der Waals surface area (Å²) in [6.07, 6.45) is 4.52. The zero-order chi connectivity index (χ0) is 13.0. The molecular formula is C12H9N3O3. The summed E-state index contributed by atoms with van der Waals surface area (Å²) in [5.74, 6) is -0.0618. The fourth-order valence-electron chi connectivity index (χ4n) is 1.33. The van der Waals surface area contributed by atoms with Crippen LogP contribution in [0.2, 0.25) is 0 Å². The van der Waals surface area contributed by atoms with Gasteiger partial charge in [0.2, 0.25) is 0 Å². The Morgan fingerprint density at radius 2 is 2.22 bits per heavy atom. The molecule has 6 nitrogen and oxygen atoms in total. The highest BCUT2D eigenvalue weighted by Crippen LogP contribution is 2.22. The van der Waals surface area contributed by atoms with Gasteiger partial charge in [0.15, 0.2) is 0 Å². The van der Waals surface area contributed by atoms with Crippen molar-refractivity contribution in [1.29, 1.82) is 0 Å². The molecule has 0 spiro atoms. The van der Waals surface area contributed by atoms with E-state index in [-0.39, 0.29) is 17.0 Å². The van der Waals surface area contributed by atoms with Crippen LogP contribution in [0.25, 0.3) is 0 Å². The van der Waals surface area contributed by atoms with Crippen LogP contribution in [0.5, 0.6) is 5.75 Å². The van der Waals surface area contributed by atoms with Crippen LogP contribution in [0.3, 0.4) is 0 Å². The Morgan fingerprint density at radius 1 is 1.39 bits per heavy atom. The van der Waals surface area contributed by atoms with E-state index in [9.17, 15) is 15.2 Å². The summed E-state index contributed by atoms with van der Waals surface area (Å²) in [4.78, 5) is 18.0. The van der Waals surface area contributed by atoms with Crippen molar-refractivity contribution in [2.75, 3.05) is 0 Å². The number of non-ortho nitro benzene ring substituents is 1. The maximum atomic E-state index is 10.6. The van der Waals surface area contributed by atoms with Gasteiger partial charge in [-0.3, -0.25) is 20.1 Å². The van der Waals surface area contributed by atoms with Gasteiger partial charge >= 0.3 is 0 Å². The molecule has 90 valence electrons. The highest BCUT2D eigenvalue weighted by atomic mass is 16.6. The van der Waals surface area contributed by atoms with Gasteiger partial charge in [0.1, 0.15) is 5.75 Å². The number of phenolic OH excluding ortho intramolecular Hbond substituents is 1. The highest BCUT2D eigenvalue weighted by Gasteiger charge is 2.08. The largest absolute Gasteiger partial charge is 0.507 e. The van der Waals surface area contributed by atoms with Crippen molar-refractivity contribution >= 4 is 17.6 Å². The first-order valence-electron chi connectivity index (χ1n) is 5.08. The minimum atomic E-state index is -0.527. The van der Waals surface area contributed by atoms with Crippen molar-refractivity contribution in [3.63, 3.8) is 0 Å². The van der Waals surface area contributed by atoms with E-state index in [2.05, 4.69) is 9.98 Å². The minimum Gasteiger partial charge on any atom is -0.507 e. The molecule has 1 aromatic carbocycles. The van der Waals surface area contributed by atoms with Crippen LogP contribution >= 0.6 is 0 Å². The van der Waals surface area contributed by atoms with Crippen molar-refractivity contribution in [2.45, 2.75) is 0 Å². The smallest absolute Gasteiger partial charge is 0.270 e. The summed E-state index contributed by atoms with van der Waals surface area (Å²) in [5.41, 5.74) is 0.789. The Morgan fingerprint density at radius 3 is 2.89 bits per heavy atom. The summed E-state index contributed by atoms with van der Waals surface area (Å²) in [5, 5.41) is 20.2. The topological polar surface area (TPSA) is 88.6 Å². The number of aromatic nitrogens is 1. The van der Waals surface area contributed by atoms with Gasteiger partial charge in [-0.1, -0.05) is 0 Å². The molecule has 0 atom stereocenters. The lowest BCUT2D eigenvalue weighted by atomic mass is 10.2.